The molecule has 1 aliphatic carbocycles. The Morgan fingerprint density at radius 2 is 2.19 bits per heavy atom. The molecule has 1 aliphatic rings. The van der Waals surface area contributed by atoms with E-state index in [1.807, 2.05) is 0 Å². The van der Waals surface area contributed by atoms with Crippen molar-refractivity contribution in [1.29, 1.82) is 0 Å². The van der Waals surface area contributed by atoms with Crippen molar-refractivity contribution in [2.75, 3.05) is 18.0 Å². The molecule has 0 aromatic heterocycles. The van der Waals surface area contributed by atoms with Crippen molar-refractivity contribution in [3.63, 3.8) is 0 Å². The molecule has 16 heavy (non-hydrogen) atoms. The zero-order chi connectivity index (χ0) is 11.5. The van der Waals surface area contributed by atoms with Crippen molar-refractivity contribution in [3.05, 3.63) is 29.6 Å². The van der Waals surface area contributed by atoms with Gasteiger partial charge in [-0.1, -0.05) is 0 Å². The average molecular weight is 223 g/mol. The molecule has 0 aliphatic heterocycles. The number of halogens is 1. The van der Waals surface area contributed by atoms with Crippen LogP contribution in [0.1, 0.15) is 25.3 Å². The molecule has 88 valence electrons. The van der Waals surface area contributed by atoms with Gasteiger partial charge in [0.25, 0.3) is 0 Å². The molecule has 0 saturated heterocycles. The summed E-state index contributed by atoms with van der Waals surface area (Å²) in [5, 5.41) is 9.24. The molecular formula is C13H18FNO. The van der Waals surface area contributed by atoms with Gasteiger partial charge in [0, 0.05) is 24.3 Å². The van der Waals surface area contributed by atoms with E-state index in [0.717, 1.165) is 24.7 Å². The van der Waals surface area contributed by atoms with E-state index >= 15 is 0 Å². The van der Waals surface area contributed by atoms with Gasteiger partial charge in [-0.3, -0.25) is 0 Å². The maximum Gasteiger partial charge on any atom is 0.123 e. The predicted octanol–water partition coefficient (Wildman–Crippen LogP) is 2.55. The molecule has 1 N–H and O–H groups in total. The van der Waals surface area contributed by atoms with E-state index in [4.69, 9.17) is 0 Å². The highest BCUT2D eigenvalue weighted by Crippen LogP contribution is 2.32. The second-order valence-electron chi connectivity index (χ2n) is 4.41. The molecular weight excluding hydrogens is 205 g/mol. The molecule has 0 atom stereocenters. The highest BCUT2D eigenvalue weighted by Gasteiger charge is 2.24. The summed E-state index contributed by atoms with van der Waals surface area (Å²) in [4.78, 5) is 2.22. The van der Waals surface area contributed by atoms with Gasteiger partial charge >= 0.3 is 0 Å². The van der Waals surface area contributed by atoms with Crippen LogP contribution in [0.3, 0.4) is 0 Å². The number of nitrogens with zero attached hydrogens (tertiary/aromatic N) is 1. The van der Waals surface area contributed by atoms with E-state index in [9.17, 15) is 9.50 Å². The Morgan fingerprint density at radius 3 is 2.75 bits per heavy atom. The number of aliphatic hydroxyl groups excluding tert-OH is 1. The SMILES string of the molecule is CCN(CC1CC1)c1ccc(F)cc1CO. The van der Waals surface area contributed by atoms with E-state index in [-0.39, 0.29) is 12.4 Å². The minimum atomic E-state index is -0.282. The maximum atomic E-state index is 13.0. The van der Waals surface area contributed by atoms with Crippen LogP contribution in [0.2, 0.25) is 0 Å². The summed E-state index contributed by atoms with van der Waals surface area (Å²) in [6.45, 7) is 3.91. The molecule has 0 amide bonds. The number of hydrogen-bond donors (Lipinski definition) is 1. The summed E-state index contributed by atoms with van der Waals surface area (Å²) in [5.74, 6) is 0.506. The summed E-state index contributed by atoms with van der Waals surface area (Å²) in [6.07, 6.45) is 2.60. The van der Waals surface area contributed by atoms with Crippen LogP contribution in [0, 0.1) is 11.7 Å². The van der Waals surface area contributed by atoms with Crippen molar-refractivity contribution >= 4 is 5.69 Å². The lowest BCUT2D eigenvalue weighted by Gasteiger charge is -2.25. The van der Waals surface area contributed by atoms with E-state index in [0.29, 0.717) is 5.56 Å². The van der Waals surface area contributed by atoms with Crippen molar-refractivity contribution in [2.24, 2.45) is 5.92 Å². The molecule has 2 rings (SSSR count). The van der Waals surface area contributed by atoms with Crippen LogP contribution in [0.25, 0.3) is 0 Å². The van der Waals surface area contributed by atoms with Crippen LogP contribution in [-0.4, -0.2) is 18.2 Å². The third-order valence-electron chi connectivity index (χ3n) is 3.11. The number of hydrogen-bond acceptors (Lipinski definition) is 2. The van der Waals surface area contributed by atoms with Gasteiger partial charge in [0.1, 0.15) is 5.82 Å². The van der Waals surface area contributed by atoms with Gasteiger partial charge in [0.05, 0.1) is 6.61 Å². The third-order valence-corrected chi connectivity index (χ3v) is 3.11. The standard InChI is InChI=1S/C13H18FNO/c1-2-15(8-10-3-4-10)13-6-5-12(14)7-11(13)9-16/h5-7,10,16H,2-4,8-9H2,1H3. The lowest BCUT2D eigenvalue weighted by molar-refractivity contribution is 0.281. The topological polar surface area (TPSA) is 23.5 Å². The highest BCUT2D eigenvalue weighted by molar-refractivity contribution is 5.53. The van der Waals surface area contributed by atoms with E-state index in [1.54, 1.807) is 6.07 Å². The number of anilines is 1. The maximum absolute atomic E-state index is 13.0. The van der Waals surface area contributed by atoms with E-state index in [1.165, 1.54) is 25.0 Å². The largest absolute Gasteiger partial charge is 0.392 e. The molecule has 0 unspecified atom stereocenters. The molecule has 1 aromatic rings. The molecule has 1 aromatic carbocycles. The average Bonchev–Trinajstić information content (AvgIpc) is 3.10. The first-order chi connectivity index (χ1) is 7.74. The molecule has 0 spiro atoms. The molecule has 3 heteroatoms. The van der Waals surface area contributed by atoms with Gasteiger partial charge < -0.3 is 10.0 Å². The Labute approximate surface area is 95.7 Å². The van der Waals surface area contributed by atoms with Gasteiger partial charge in [-0.2, -0.15) is 0 Å². The fourth-order valence-corrected chi connectivity index (χ4v) is 2.00. The zero-order valence-electron chi connectivity index (χ0n) is 9.62. The molecule has 0 heterocycles. The first kappa shape index (κ1) is 11.4. The van der Waals surface area contributed by atoms with Crippen molar-refractivity contribution in [2.45, 2.75) is 26.4 Å². The Hall–Kier alpha value is -1.09. The van der Waals surface area contributed by atoms with Crippen LogP contribution < -0.4 is 4.90 Å². The van der Waals surface area contributed by atoms with Gasteiger partial charge in [0.15, 0.2) is 0 Å². The number of aliphatic hydroxyl groups is 1. The summed E-state index contributed by atoms with van der Waals surface area (Å²) < 4.78 is 13.0. The van der Waals surface area contributed by atoms with E-state index < -0.39 is 0 Å². The summed E-state index contributed by atoms with van der Waals surface area (Å²) in [6, 6.07) is 4.65. The van der Waals surface area contributed by atoms with Gasteiger partial charge in [0.2, 0.25) is 0 Å². The fraction of sp³-hybridized carbons (Fsp3) is 0.538. The molecule has 1 fully saturated rings. The lowest BCUT2D eigenvalue weighted by atomic mass is 10.1. The Morgan fingerprint density at radius 1 is 1.44 bits per heavy atom. The minimum Gasteiger partial charge on any atom is -0.392 e. The summed E-state index contributed by atoms with van der Waals surface area (Å²) in [7, 11) is 0. The third kappa shape index (κ3) is 2.53. The van der Waals surface area contributed by atoms with Crippen molar-refractivity contribution in [1.82, 2.24) is 0 Å². The van der Waals surface area contributed by atoms with Gasteiger partial charge in [-0.25, -0.2) is 4.39 Å². The van der Waals surface area contributed by atoms with Crippen LogP contribution >= 0.6 is 0 Å². The second-order valence-corrected chi connectivity index (χ2v) is 4.41. The van der Waals surface area contributed by atoms with Crippen LogP contribution in [0.15, 0.2) is 18.2 Å². The molecule has 2 nitrogen and oxygen atoms in total. The van der Waals surface area contributed by atoms with Crippen LogP contribution in [0.4, 0.5) is 10.1 Å². The van der Waals surface area contributed by atoms with Crippen molar-refractivity contribution in [3.8, 4) is 0 Å². The number of rotatable bonds is 5. The monoisotopic (exact) mass is 223 g/mol. The Kier molecular flexibility index (Phi) is 3.44. The lowest BCUT2D eigenvalue weighted by Crippen LogP contribution is -2.26. The normalized spacial score (nSPS) is 15.2. The zero-order valence-corrected chi connectivity index (χ0v) is 9.62. The molecule has 0 bridgehead atoms. The summed E-state index contributed by atoms with van der Waals surface area (Å²) in [5.41, 5.74) is 1.65. The van der Waals surface area contributed by atoms with Crippen LogP contribution in [-0.2, 0) is 6.61 Å². The number of benzene rings is 1. The van der Waals surface area contributed by atoms with Crippen LogP contribution in [0.5, 0.6) is 0 Å². The second kappa shape index (κ2) is 4.83. The molecule has 1 saturated carbocycles. The highest BCUT2D eigenvalue weighted by atomic mass is 19.1. The summed E-state index contributed by atoms with van der Waals surface area (Å²) >= 11 is 0. The minimum absolute atomic E-state index is 0.103. The Balaban J connectivity index is 2.21. The van der Waals surface area contributed by atoms with Gasteiger partial charge in [-0.05, 0) is 43.9 Å². The Bertz CT molecular complexity index is 363. The quantitative estimate of drug-likeness (QED) is 0.829. The smallest absolute Gasteiger partial charge is 0.123 e. The molecule has 0 radical (unpaired) electrons. The predicted molar refractivity (Wildman–Crippen MR) is 62.9 cm³/mol. The van der Waals surface area contributed by atoms with E-state index in [2.05, 4.69) is 11.8 Å². The van der Waals surface area contributed by atoms with Crippen molar-refractivity contribution < 1.29 is 9.50 Å². The first-order valence-electron chi connectivity index (χ1n) is 5.88. The van der Waals surface area contributed by atoms with Gasteiger partial charge in [-0.15, -0.1) is 0 Å². The first-order valence-corrected chi connectivity index (χ1v) is 5.88. The fourth-order valence-electron chi connectivity index (χ4n) is 2.00.